The summed E-state index contributed by atoms with van der Waals surface area (Å²) in [6, 6.07) is 18.2. The number of rotatable bonds is 7. The van der Waals surface area contributed by atoms with Crippen molar-refractivity contribution in [3.05, 3.63) is 70.8 Å². The first-order chi connectivity index (χ1) is 10.2. The Balaban J connectivity index is 1.84. The van der Waals surface area contributed by atoms with Gasteiger partial charge >= 0.3 is 0 Å². The zero-order valence-corrected chi connectivity index (χ0v) is 13.5. The maximum absolute atomic E-state index is 3.47. The number of hydrogen-bond acceptors (Lipinski definition) is 1. The fourth-order valence-corrected chi connectivity index (χ4v) is 2.76. The lowest BCUT2D eigenvalue weighted by molar-refractivity contribution is 0.502. The highest BCUT2D eigenvalue weighted by atomic mass is 14.9. The summed E-state index contributed by atoms with van der Waals surface area (Å²) in [5.41, 5.74) is 5.66. The van der Waals surface area contributed by atoms with Gasteiger partial charge in [0.1, 0.15) is 0 Å². The summed E-state index contributed by atoms with van der Waals surface area (Å²) in [6.07, 6.45) is 4.75. The molecule has 112 valence electrons. The van der Waals surface area contributed by atoms with E-state index in [4.69, 9.17) is 0 Å². The minimum atomic E-state index is 0.566. The van der Waals surface area contributed by atoms with Gasteiger partial charge in [-0.3, -0.25) is 0 Å². The second-order valence-corrected chi connectivity index (χ2v) is 5.99. The summed E-state index contributed by atoms with van der Waals surface area (Å²) in [7, 11) is 2.08. The van der Waals surface area contributed by atoms with Crippen molar-refractivity contribution in [3.63, 3.8) is 0 Å². The third-order valence-corrected chi connectivity index (χ3v) is 4.32. The van der Waals surface area contributed by atoms with Crippen LogP contribution in [-0.4, -0.2) is 13.1 Å². The molecule has 1 unspecified atom stereocenters. The molecule has 0 radical (unpaired) electrons. The molecule has 0 spiro atoms. The van der Waals surface area contributed by atoms with Gasteiger partial charge < -0.3 is 5.32 Å². The molecule has 1 atom stereocenters. The summed E-state index contributed by atoms with van der Waals surface area (Å²) in [5, 5.41) is 3.47. The van der Waals surface area contributed by atoms with Crippen LogP contribution in [0.25, 0.3) is 0 Å². The molecule has 0 bridgehead atoms. The molecular formula is C20H27N. The van der Waals surface area contributed by atoms with E-state index < -0.39 is 0 Å². The van der Waals surface area contributed by atoms with Crippen LogP contribution in [0.5, 0.6) is 0 Å². The zero-order chi connectivity index (χ0) is 15.1. The van der Waals surface area contributed by atoms with Crippen LogP contribution in [-0.2, 0) is 12.8 Å². The molecule has 21 heavy (non-hydrogen) atoms. The van der Waals surface area contributed by atoms with E-state index in [-0.39, 0.29) is 0 Å². The van der Waals surface area contributed by atoms with E-state index in [1.165, 1.54) is 41.5 Å². The van der Waals surface area contributed by atoms with Crippen molar-refractivity contribution in [2.75, 3.05) is 7.05 Å². The lowest BCUT2D eigenvalue weighted by Crippen LogP contribution is -2.27. The van der Waals surface area contributed by atoms with Gasteiger partial charge in [0.15, 0.2) is 0 Å². The van der Waals surface area contributed by atoms with Crippen molar-refractivity contribution in [1.29, 1.82) is 0 Å². The largest absolute Gasteiger partial charge is 0.317 e. The number of aryl methyl sites for hydroxylation is 3. The Morgan fingerprint density at radius 1 is 0.905 bits per heavy atom. The molecule has 2 rings (SSSR count). The normalized spacial score (nSPS) is 12.3. The van der Waals surface area contributed by atoms with Crippen molar-refractivity contribution < 1.29 is 0 Å². The molecule has 0 aliphatic heterocycles. The van der Waals surface area contributed by atoms with Gasteiger partial charge in [-0.2, -0.15) is 0 Å². The average Bonchev–Trinajstić information content (AvgIpc) is 2.51. The first kappa shape index (κ1) is 15.8. The summed E-state index contributed by atoms with van der Waals surface area (Å²) in [6.45, 7) is 4.37. The predicted octanol–water partition coefficient (Wildman–Crippen LogP) is 4.46. The van der Waals surface area contributed by atoms with Crippen LogP contribution in [0.1, 0.15) is 35.1 Å². The molecule has 1 N–H and O–H groups in total. The topological polar surface area (TPSA) is 12.0 Å². The van der Waals surface area contributed by atoms with Crippen molar-refractivity contribution >= 4 is 0 Å². The molecule has 1 nitrogen and oxygen atoms in total. The fourth-order valence-electron chi connectivity index (χ4n) is 2.76. The first-order valence-electron chi connectivity index (χ1n) is 7.96. The molecule has 0 aliphatic rings. The smallest absolute Gasteiger partial charge is 0.0105 e. The maximum Gasteiger partial charge on any atom is 0.0105 e. The molecule has 0 fully saturated rings. The Bertz CT molecular complexity index is 545. The quantitative estimate of drug-likeness (QED) is 0.790. The van der Waals surface area contributed by atoms with Crippen LogP contribution in [0.4, 0.5) is 0 Å². The van der Waals surface area contributed by atoms with Gasteiger partial charge in [0.25, 0.3) is 0 Å². The van der Waals surface area contributed by atoms with Gasteiger partial charge in [0, 0.05) is 6.04 Å². The molecule has 0 heterocycles. The Hall–Kier alpha value is -1.60. The molecule has 1 heteroatoms. The SMILES string of the molecule is CNC(CCCc1ccccc1)Cc1ccc(C)c(C)c1. The second-order valence-electron chi connectivity index (χ2n) is 5.99. The summed E-state index contributed by atoms with van der Waals surface area (Å²) in [5.74, 6) is 0. The Kier molecular flexibility index (Phi) is 6.01. The molecule has 2 aromatic rings. The highest BCUT2D eigenvalue weighted by Crippen LogP contribution is 2.14. The summed E-state index contributed by atoms with van der Waals surface area (Å²) >= 11 is 0. The first-order valence-corrected chi connectivity index (χ1v) is 7.96. The highest BCUT2D eigenvalue weighted by molar-refractivity contribution is 5.30. The van der Waals surface area contributed by atoms with Crippen molar-refractivity contribution in [1.82, 2.24) is 5.32 Å². The van der Waals surface area contributed by atoms with E-state index in [1.807, 2.05) is 0 Å². The standard InChI is InChI=1S/C20H27N/c1-16-12-13-19(14-17(16)2)15-20(21-3)11-7-10-18-8-5-4-6-9-18/h4-6,8-9,12-14,20-21H,7,10-11,15H2,1-3H3. The second kappa shape index (κ2) is 7.99. The van der Waals surface area contributed by atoms with Crippen molar-refractivity contribution in [2.45, 2.75) is 45.6 Å². The lowest BCUT2D eigenvalue weighted by Gasteiger charge is -2.17. The minimum Gasteiger partial charge on any atom is -0.317 e. The zero-order valence-electron chi connectivity index (χ0n) is 13.5. The van der Waals surface area contributed by atoms with E-state index in [9.17, 15) is 0 Å². The number of nitrogens with one attached hydrogen (secondary N) is 1. The van der Waals surface area contributed by atoms with Crippen molar-refractivity contribution in [3.8, 4) is 0 Å². The van der Waals surface area contributed by atoms with E-state index in [1.54, 1.807) is 0 Å². The Labute approximate surface area is 129 Å². The summed E-state index contributed by atoms with van der Waals surface area (Å²) in [4.78, 5) is 0. The molecule has 0 saturated heterocycles. The van der Waals surface area contributed by atoms with Crippen LogP contribution in [0.2, 0.25) is 0 Å². The van der Waals surface area contributed by atoms with Gasteiger partial charge in [-0.15, -0.1) is 0 Å². The van der Waals surface area contributed by atoms with Gasteiger partial charge in [-0.1, -0.05) is 48.5 Å². The molecular weight excluding hydrogens is 254 g/mol. The monoisotopic (exact) mass is 281 g/mol. The molecule has 2 aromatic carbocycles. The van der Waals surface area contributed by atoms with E-state index >= 15 is 0 Å². The van der Waals surface area contributed by atoms with Gasteiger partial charge in [0.2, 0.25) is 0 Å². The van der Waals surface area contributed by atoms with Gasteiger partial charge in [0.05, 0.1) is 0 Å². The highest BCUT2D eigenvalue weighted by Gasteiger charge is 2.08. The molecule has 0 amide bonds. The minimum absolute atomic E-state index is 0.566. The molecule has 0 saturated carbocycles. The fraction of sp³-hybridized carbons (Fsp3) is 0.400. The third-order valence-electron chi connectivity index (χ3n) is 4.32. The maximum atomic E-state index is 3.47. The Morgan fingerprint density at radius 3 is 2.33 bits per heavy atom. The number of benzene rings is 2. The van der Waals surface area contributed by atoms with Crippen LogP contribution < -0.4 is 5.32 Å². The van der Waals surface area contributed by atoms with Crippen LogP contribution in [0.3, 0.4) is 0 Å². The van der Waals surface area contributed by atoms with Gasteiger partial charge in [-0.25, -0.2) is 0 Å². The van der Waals surface area contributed by atoms with E-state index in [0.29, 0.717) is 6.04 Å². The predicted molar refractivity (Wildman–Crippen MR) is 91.8 cm³/mol. The summed E-state index contributed by atoms with van der Waals surface area (Å²) < 4.78 is 0. The average molecular weight is 281 g/mol. The molecule has 0 aromatic heterocycles. The van der Waals surface area contributed by atoms with Gasteiger partial charge in [-0.05, 0) is 68.8 Å². The van der Waals surface area contributed by atoms with Crippen molar-refractivity contribution in [2.24, 2.45) is 0 Å². The van der Waals surface area contributed by atoms with E-state index in [2.05, 4.69) is 74.7 Å². The number of likely N-dealkylation sites (N-methyl/N-ethyl adjacent to an activating group) is 1. The lowest BCUT2D eigenvalue weighted by atomic mass is 9.97. The number of hydrogen-bond donors (Lipinski definition) is 1. The van der Waals surface area contributed by atoms with Crippen LogP contribution in [0, 0.1) is 13.8 Å². The van der Waals surface area contributed by atoms with Crippen LogP contribution in [0.15, 0.2) is 48.5 Å². The Morgan fingerprint density at radius 2 is 1.67 bits per heavy atom. The molecule has 0 aliphatic carbocycles. The van der Waals surface area contributed by atoms with Crippen LogP contribution >= 0.6 is 0 Å². The third kappa shape index (κ3) is 5.02. The van der Waals surface area contributed by atoms with E-state index in [0.717, 1.165) is 6.42 Å².